The molecule has 0 bridgehead atoms. The Morgan fingerprint density at radius 2 is 2.17 bits per heavy atom. The van der Waals surface area contributed by atoms with Crippen LogP contribution in [0.1, 0.15) is 45.2 Å². The summed E-state index contributed by atoms with van der Waals surface area (Å²) < 4.78 is 9.98. The molecule has 1 saturated heterocycles. The van der Waals surface area contributed by atoms with Gasteiger partial charge in [-0.2, -0.15) is 5.10 Å². The maximum Gasteiger partial charge on any atom is 0.163 e. The lowest BCUT2D eigenvalue weighted by Gasteiger charge is -2.32. The Kier molecular flexibility index (Phi) is 4.50. The van der Waals surface area contributed by atoms with E-state index in [0.29, 0.717) is 6.61 Å². The quantitative estimate of drug-likeness (QED) is 0.860. The number of nitrogens with zero attached hydrogens (tertiary/aromatic N) is 6. The van der Waals surface area contributed by atoms with Gasteiger partial charge in [0.1, 0.15) is 12.4 Å². The third kappa shape index (κ3) is 3.61. The van der Waals surface area contributed by atoms with Gasteiger partial charge in [0.15, 0.2) is 5.82 Å². The first kappa shape index (κ1) is 16.1. The zero-order valence-corrected chi connectivity index (χ0v) is 14.4. The lowest BCUT2D eigenvalue weighted by Crippen LogP contribution is -2.38. The summed E-state index contributed by atoms with van der Waals surface area (Å²) in [5.41, 5.74) is 1.25. The van der Waals surface area contributed by atoms with Crippen molar-refractivity contribution in [2.24, 2.45) is 0 Å². The molecule has 0 aliphatic carbocycles. The van der Waals surface area contributed by atoms with Crippen LogP contribution >= 0.6 is 0 Å². The third-order valence-corrected chi connectivity index (χ3v) is 4.15. The van der Waals surface area contributed by atoms with E-state index in [1.165, 1.54) is 5.56 Å². The number of rotatable bonds is 4. The number of ether oxygens (including phenoxy) is 1. The smallest absolute Gasteiger partial charge is 0.163 e. The van der Waals surface area contributed by atoms with Crippen LogP contribution < -0.4 is 0 Å². The van der Waals surface area contributed by atoms with Crippen LogP contribution in [0.25, 0.3) is 0 Å². The Morgan fingerprint density at radius 3 is 2.87 bits per heavy atom. The van der Waals surface area contributed by atoms with Gasteiger partial charge in [-0.05, 0) is 27.7 Å². The Bertz CT molecular complexity index is 641. The van der Waals surface area contributed by atoms with Gasteiger partial charge in [0.2, 0.25) is 0 Å². The molecule has 7 nitrogen and oxygen atoms in total. The maximum atomic E-state index is 5.91. The average molecular weight is 318 g/mol. The molecule has 3 heterocycles. The maximum absolute atomic E-state index is 5.91. The fourth-order valence-electron chi connectivity index (χ4n) is 2.83. The Labute approximate surface area is 137 Å². The summed E-state index contributed by atoms with van der Waals surface area (Å²) in [6.07, 6.45) is 5.86. The molecule has 0 amide bonds. The molecule has 1 aliphatic rings. The summed E-state index contributed by atoms with van der Waals surface area (Å²) in [5, 5.41) is 12.7. The van der Waals surface area contributed by atoms with Crippen LogP contribution in [0.4, 0.5) is 0 Å². The average Bonchev–Trinajstić information content (AvgIpc) is 3.15. The molecule has 0 radical (unpaired) electrons. The van der Waals surface area contributed by atoms with E-state index in [-0.39, 0.29) is 11.6 Å². The fourth-order valence-corrected chi connectivity index (χ4v) is 2.83. The molecule has 0 unspecified atom stereocenters. The van der Waals surface area contributed by atoms with E-state index in [2.05, 4.69) is 54.1 Å². The summed E-state index contributed by atoms with van der Waals surface area (Å²) >= 11 is 0. The first-order chi connectivity index (χ1) is 11.0. The van der Waals surface area contributed by atoms with Crippen molar-refractivity contribution in [2.75, 3.05) is 19.7 Å². The van der Waals surface area contributed by atoms with Crippen molar-refractivity contribution in [3.8, 4) is 0 Å². The van der Waals surface area contributed by atoms with Gasteiger partial charge in [-0.1, -0.05) is 0 Å². The van der Waals surface area contributed by atoms with Crippen LogP contribution in [0.15, 0.2) is 18.7 Å². The molecular weight excluding hydrogens is 292 g/mol. The van der Waals surface area contributed by atoms with Crippen molar-refractivity contribution in [2.45, 2.75) is 52.4 Å². The van der Waals surface area contributed by atoms with E-state index < -0.39 is 0 Å². The first-order valence-corrected chi connectivity index (χ1v) is 8.23. The number of hydrogen-bond donors (Lipinski definition) is 0. The van der Waals surface area contributed by atoms with Gasteiger partial charge in [0.05, 0.1) is 18.3 Å². The van der Waals surface area contributed by atoms with Gasteiger partial charge in [-0.15, -0.1) is 10.2 Å². The van der Waals surface area contributed by atoms with Gasteiger partial charge < -0.3 is 9.30 Å². The minimum Gasteiger partial charge on any atom is -0.368 e. The van der Waals surface area contributed by atoms with Crippen LogP contribution in [-0.2, 0) is 23.4 Å². The van der Waals surface area contributed by atoms with Gasteiger partial charge >= 0.3 is 0 Å². The van der Waals surface area contributed by atoms with Crippen molar-refractivity contribution in [3.05, 3.63) is 30.1 Å². The minimum atomic E-state index is -0.0103. The summed E-state index contributed by atoms with van der Waals surface area (Å²) in [5.74, 6) is 0.919. The standard InChI is InChI=1S/C16H26N6O/c1-5-21-12-17-19-15(21)14-11-20(6-7-23-14)9-13-8-18-22(10-13)16(2,3)4/h8,10,12,14H,5-7,9,11H2,1-4H3/t14-/m0/s1. The van der Waals surface area contributed by atoms with Gasteiger partial charge in [0, 0.05) is 37.9 Å². The Hall–Kier alpha value is -1.73. The highest BCUT2D eigenvalue weighted by Crippen LogP contribution is 2.22. The van der Waals surface area contributed by atoms with Crippen molar-refractivity contribution < 1.29 is 4.74 Å². The molecule has 0 aromatic carbocycles. The Balaban J connectivity index is 1.66. The van der Waals surface area contributed by atoms with Crippen molar-refractivity contribution in [1.29, 1.82) is 0 Å². The predicted octanol–water partition coefficient (Wildman–Crippen LogP) is 1.82. The molecule has 2 aromatic rings. The number of morpholine rings is 1. The van der Waals surface area contributed by atoms with Gasteiger partial charge in [0.25, 0.3) is 0 Å². The molecule has 0 N–H and O–H groups in total. The molecule has 126 valence electrons. The highest BCUT2D eigenvalue weighted by Gasteiger charge is 2.26. The van der Waals surface area contributed by atoms with Crippen LogP contribution in [0.5, 0.6) is 0 Å². The molecule has 1 atom stereocenters. The fraction of sp³-hybridized carbons (Fsp3) is 0.688. The van der Waals surface area contributed by atoms with Gasteiger partial charge in [-0.3, -0.25) is 9.58 Å². The molecular formula is C16H26N6O. The summed E-state index contributed by atoms with van der Waals surface area (Å²) in [6, 6.07) is 0. The van der Waals surface area contributed by atoms with E-state index in [4.69, 9.17) is 4.74 Å². The SMILES string of the molecule is CCn1cnnc1[C@@H]1CN(Cc2cnn(C(C)(C)C)c2)CCO1. The van der Waals surface area contributed by atoms with E-state index in [9.17, 15) is 0 Å². The van der Waals surface area contributed by atoms with Crippen LogP contribution in [0.2, 0.25) is 0 Å². The normalized spacial score (nSPS) is 20.1. The topological polar surface area (TPSA) is 61.0 Å². The minimum absolute atomic E-state index is 0.0103. The summed E-state index contributed by atoms with van der Waals surface area (Å²) in [4.78, 5) is 2.40. The van der Waals surface area contributed by atoms with Crippen molar-refractivity contribution in [1.82, 2.24) is 29.4 Å². The van der Waals surface area contributed by atoms with E-state index in [1.54, 1.807) is 6.33 Å². The van der Waals surface area contributed by atoms with E-state index in [0.717, 1.165) is 32.0 Å². The van der Waals surface area contributed by atoms with E-state index >= 15 is 0 Å². The largest absolute Gasteiger partial charge is 0.368 e. The van der Waals surface area contributed by atoms with Crippen molar-refractivity contribution in [3.63, 3.8) is 0 Å². The summed E-state index contributed by atoms with van der Waals surface area (Å²) in [7, 11) is 0. The van der Waals surface area contributed by atoms with Crippen LogP contribution in [0.3, 0.4) is 0 Å². The number of aryl methyl sites for hydroxylation is 1. The number of aromatic nitrogens is 5. The molecule has 1 aliphatic heterocycles. The van der Waals surface area contributed by atoms with Crippen LogP contribution in [-0.4, -0.2) is 49.1 Å². The monoisotopic (exact) mass is 318 g/mol. The van der Waals surface area contributed by atoms with Gasteiger partial charge in [-0.25, -0.2) is 0 Å². The summed E-state index contributed by atoms with van der Waals surface area (Å²) in [6.45, 7) is 12.8. The highest BCUT2D eigenvalue weighted by atomic mass is 16.5. The molecule has 7 heteroatoms. The molecule has 2 aromatic heterocycles. The molecule has 1 fully saturated rings. The third-order valence-electron chi connectivity index (χ3n) is 4.15. The molecule has 23 heavy (non-hydrogen) atoms. The zero-order valence-electron chi connectivity index (χ0n) is 14.4. The lowest BCUT2D eigenvalue weighted by atomic mass is 10.1. The molecule has 3 rings (SSSR count). The lowest BCUT2D eigenvalue weighted by molar-refractivity contribution is -0.0388. The second-order valence-electron chi connectivity index (χ2n) is 7.03. The highest BCUT2D eigenvalue weighted by molar-refractivity contribution is 5.06. The predicted molar refractivity (Wildman–Crippen MR) is 86.9 cm³/mol. The van der Waals surface area contributed by atoms with Crippen LogP contribution in [0, 0.1) is 0 Å². The number of hydrogen-bond acceptors (Lipinski definition) is 5. The molecule has 0 spiro atoms. The zero-order chi connectivity index (χ0) is 16.4. The van der Waals surface area contributed by atoms with Crippen molar-refractivity contribution >= 4 is 0 Å². The first-order valence-electron chi connectivity index (χ1n) is 8.23. The molecule has 0 saturated carbocycles. The second kappa shape index (κ2) is 6.41. The van der Waals surface area contributed by atoms with E-state index in [1.807, 2.05) is 15.4 Å². The Morgan fingerprint density at radius 1 is 1.35 bits per heavy atom. The second-order valence-corrected chi connectivity index (χ2v) is 7.03.